The van der Waals surface area contributed by atoms with Gasteiger partial charge in [0.1, 0.15) is 6.07 Å². The van der Waals surface area contributed by atoms with Crippen molar-refractivity contribution in [2.75, 3.05) is 0 Å². The highest BCUT2D eigenvalue weighted by atomic mass is 19.1. The number of rotatable bonds is 2. The molecule has 3 nitrogen and oxygen atoms in total. The molecular formula is C10H12FN3. The summed E-state index contributed by atoms with van der Waals surface area (Å²) in [5, 5.41) is 8.47. The smallest absolute Gasteiger partial charge is 0.176 e. The van der Waals surface area contributed by atoms with Gasteiger partial charge in [0.25, 0.3) is 0 Å². The first kappa shape index (κ1) is 10.6. The van der Waals surface area contributed by atoms with Crippen LogP contribution in [0.2, 0.25) is 0 Å². The predicted octanol–water partition coefficient (Wildman–Crippen LogP) is 1.75. The van der Waals surface area contributed by atoms with E-state index >= 15 is 0 Å². The predicted molar refractivity (Wildman–Crippen MR) is 50.7 cm³/mol. The highest BCUT2D eigenvalue weighted by Gasteiger charge is 2.13. The molecule has 0 radical (unpaired) electrons. The SMILES string of the molecule is CC(C)[C@H](N)c1cnc(C#N)c(F)c1. The number of pyridine rings is 1. The molecule has 0 unspecified atom stereocenters. The van der Waals surface area contributed by atoms with Crippen LogP contribution < -0.4 is 5.73 Å². The average molecular weight is 193 g/mol. The molecule has 0 saturated heterocycles. The molecular weight excluding hydrogens is 181 g/mol. The van der Waals surface area contributed by atoms with Gasteiger partial charge in [0.2, 0.25) is 0 Å². The summed E-state index contributed by atoms with van der Waals surface area (Å²) in [5.74, 6) is -0.398. The van der Waals surface area contributed by atoms with Gasteiger partial charge in [0.15, 0.2) is 11.5 Å². The molecule has 74 valence electrons. The lowest BCUT2D eigenvalue weighted by atomic mass is 9.98. The molecule has 0 spiro atoms. The van der Waals surface area contributed by atoms with Crippen LogP contribution in [0.25, 0.3) is 0 Å². The Bertz CT molecular complexity index is 368. The van der Waals surface area contributed by atoms with Crippen LogP contribution in [0.5, 0.6) is 0 Å². The second-order valence-electron chi connectivity index (χ2n) is 3.48. The van der Waals surface area contributed by atoms with Crippen molar-refractivity contribution in [1.82, 2.24) is 4.98 Å². The molecule has 14 heavy (non-hydrogen) atoms. The molecule has 4 heteroatoms. The number of hydrogen-bond acceptors (Lipinski definition) is 3. The van der Waals surface area contributed by atoms with E-state index in [-0.39, 0.29) is 17.7 Å². The van der Waals surface area contributed by atoms with Gasteiger partial charge in [-0.25, -0.2) is 9.37 Å². The maximum absolute atomic E-state index is 13.1. The summed E-state index contributed by atoms with van der Waals surface area (Å²) < 4.78 is 13.1. The zero-order valence-electron chi connectivity index (χ0n) is 8.16. The van der Waals surface area contributed by atoms with Gasteiger partial charge in [0, 0.05) is 12.2 Å². The lowest BCUT2D eigenvalue weighted by molar-refractivity contribution is 0.507. The lowest BCUT2D eigenvalue weighted by Gasteiger charge is -2.15. The molecule has 1 aromatic heterocycles. The van der Waals surface area contributed by atoms with Crippen LogP contribution in [0.15, 0.2) is 12.3 Å². The van der Waals surface area contributed by atoms with E-state index in [0.29, 0.717) is 5.56 Å². The Labute approximate surface area is 82.4 Å². The van der Waals surface area contributed by atoms with Crippen molar-refractivity contribution in [2.24, 2.45) is 11.7 Å². The summed E-state index contributed by atoms with van der Waals surface area (Å²) >= 11 is 0. The Hall–Kier alpha value is -1.47. The van der Waals surface area contributed by atoms with Crippen LogP contribution in [0.4, 0.5) is 4.39 Å². The van der Waals surface area contributed by atoms with E-state index in [9.17, 15) is 4.39 Å². The minimum Gasteiger partial charge on any atom is -0.324 e. The number of aromatic nitrogens is 1. The molecule has 0 aliphatic rings. The summed E-state index contributed by atoms with van der Waals surface area (Å²) in [6.45, 7) is 3.89. The first-order valence-electron chi connectivity index (χ1n) is 4.37. The van der Waals surface area contributed by atoms with E-state index in [4.69, 9.17) is 11.0 Å². The molecule has 0 saturated carbocycles. The lowest BCUT2D eigenvalue weighted by Crippen LogP contribution is -2.17. The van der Waals surface area contributed by atoms with E-state index in [0.717, 1.165) is 0 Å². The molecule has 0 fully saturated rings. The van der Waals surface area contributed by atoms with Crippen molar-refractivity contribution in [3.05, 3.63) is 29.3 Å². The van der Waals surface area contributed by atoms with E-state index < -0.39 is 5.82 Å². The van der Waals surface area contributed by atoms with Crippen molar-refractivity contribution >= 4 is 0 Å². The van der Waals surface area contributed by atoms with Crippen LogP contribution in [-0.2, 0) is 0 Å². The third-order valence-corrected chi connectivity index (χ3v) is 2.07. The Morgan fingerprint density at radius 3 is 2.64 bits per heavy atom. The van der Waals surface area contributed by atoms with Gasteiger partial charge in [-0.1, -0.05) is 13.8 Å². The minimum absolute atomic E-state index is 0.190. The standard InChI is InChI=1S/C10H12FN3/c1-6(2)10(13)7-3-8(11)9(4-12)14-5-7/h3,5-6,10H,13H2,1-2H3/t10-/m0/s1. The zero-order valence-corrected chi connectivity index (χ0v) is 8.16. The number of nitrogens with zero attached hydrogens (tertiary/aromatic N) is 2. The van der Waals surface area contributed by atoms with E-state index in [1.807, 2.05) is 13.8 Å². The van der Waals surface area contributed by atoms with Gasteiger partial charge >= 0.3 is 0 Å². The molecule has 0 aliphatic carbocycles. The Kier molecular flexibility index (Phi) is 3.15. The molecule has 1 atom stereocenters. The summed E-state index contributed by atoms with van der Waals surface area (Å²) in [6.07, 6.45) is 1.45. The Morgan fingerprint density at radius 1 is 1.57 bits per heavy atom. The van der Waals surface area contributed by atoms with Crippen molar-refractivity contribution in [3.8, 4) is 6.07 Å². The number of halogens is 1. The minimum atomic E-state index is -0.610. The van der Waals surface area contributed by atoms with Gasteiger partial charge in [0.05, 0.1) is 0 Å². The Morgan fingerprint density at radius 2 is 2.21 bits per heavy atom. The third kappa shape index (κ3) is 2.06. The van der Waals surface area contributed by atoms with Gasteiger partial charge in [-0.3, -0.25) is 0 Å². The average Bonchev–Trinajstić information content (AvgIpc) is 2.16. The molecule has 2 N–H and O–H groups in total. The van der Waals surface area contributed by atoms with E-state index in [2.05, 4.69) is 4.98 Å². The number of nitrogens with two attached hydrogens (primary N) is 1. The molecule has 0 bridgehead atoms. The number of nitriles is 1. The maximum atomic E-state index is 13.1. The fraction of sp³-hybridized carbons (Fsp3) is 0.400. The van der Waals surface area contributed by atoms with Crippen molar-refractivity contribution < 1.29 is 4.39 Å². The maximum Gasteiger partial charge on any atom is 0.176 e. The first-order valence-corrected chi connectivity index (χ1v) is 4.37. The molecule has 0 aliphatic heterocycles. The fourth-order valence-corrected chi connectivity index (χ4v) is 1.10. The number of hydrogen-bond donors (Lipinski definition) is 1. The monoisotopic (exact) mass is 193 g/mol. The third-order valence-electron chi connectivity index (χ3n) is 2.07. The summed E-state index contributed by atoms with van der Waals surface area (Å²) in [4.78, 5) is 3.68. The fourth-order valence-electron chi connectivity index (χ4n) is 1.10. The molecule has 0 aromatic carbocycles. The van der Waals surface area contributed by atoms with Crippen molar-refractivity contribution in [3.63, 3.8) is 0 Å². The van der Waals surface area contributed by atoms with Crippen LogP contribution in [0, 0.1) is 23.1 Å². The van der Waals surface area contributed by atoms with Crippen molar-refractivity contribution in [2.45, 2.75) is 19.9 Å². The van der Waals surface area contributed by atoms with Gasteiger partial charge < -0.3 is 5.73 Å². The molecule has 1 rings (SSSR count). The summed E-state index contributed by atoms with van der Waals surface area (Å²) in [7, 11) is 0. The largest absolute Gasteiger partial charge is 0.324 e. The normalized spacial score (nSPS) is 12.6. The molecule has 1 aromatic rings. The van der Waals surface area contributed by atoms with Gasteiger partial charge in [-0.2, -0.15) is 5.26 Å². The second-order valence-corrected chi connectivity index (χ2v) is 3.48. The van der Waals surface area contributed by atoms with Crippen molar-refractivity contribution in [1.29, 1.82) is 5.26 Å². The van der Waals surface area contributed by atoms with Crippen LogP contribution in [0.1, 0.15) is 31.1 Å². The quantitative estimate of drug-likeness (QED) is 0.778. The van der Waals surface area contributed by atoms with Crippen LogP contribution in [-0.4, -0.2) is 4.98 Å². The van der Waals surface area contributed by atoms with Crippen LogP contribution in [0.3, 0.4) is 0 Å². The summed E-state index contributed by atoms with van der Waals surface area (Å²) in [6, 6.07) is 2.69. The highest BCUT2D eigenvalue weighted by molar-refractivity contribution is 5.26. The second kappa shape index (κ2) is 4.16. The zero-order chi connectivity index (χ0) is 10.7. The molecule has 0 amide bonds. The molecule has 1 heterocycles. The topological polar surface area (TPSA) is 62.7 Å². The van der Waals surface area contributed by atoms with Gasteiger partial charge in [-0.05, 0) is 17.5 Å². The Balaban J connectivity index is 3.04. The van der Waals surface area contributed by atoms with E-state index in [1.165, 1.54) is 12.3 Å². The van der Waals surface area contributed by atoms with E-state index in [1.54, 1.807) is 6.07 Å². The summed E-state index contributed by atoms with van der Waals surface area (Å²) in [5.41, 5.74) is 6.24. The van der Waals surface area contributed by atoms with Crippen LogP contribution >= 0.6 is 0 Å². The highest BCUT2D eigenvalue weighted by Crippen LogP contribution is 2.19. The van der Waals surface area contributed by atoms with Gasteiger partial charge in [-0.15, -0.1) is 0 Å². The first-order chi connectivity index (χ1) is 6.56.